The molecule has 0 saturated carbocycles. The van der Waals surface area contributed by atoms with E-state index in [9.17, 15) is 0 Å². The lowest BCUT2D eigenvalue weighted by Crippen LogP contribution is -2.08. The van der Waals surface area contributed by atoms with Crippen LogP contribution in [0.1, 0.15) is 22.3 Å². The Bertz CT molecular complexity index is 1110. The van der Waals surface area contributed by atoms with E-state index in [1.807, 2.05) is 0 Å². The van der Waals surface area contributed by atoms with Crippen molar-refractivity contribution in [2.24, 2.45) is 0 Å². The van der Waals surface area contributed by atoms with Crippen molar-refractivity contribution in [3.63, 3.8) is 0 Å². The van der Waals surface area contributed by atoms with Gasteiger partial charge in [0.1, 0.15) is 0 Å². The van der Waals surface area contributed by atoms with Crippen molar-refractivity contribution in [2.45, 2.75) is 0 Å². The van der Waals surface area contributed by atoms with E-state index in [1.165, 1.54) is 39.1 Å². The van der Waals surface area contributed by atoms with Crippen molar-refractivity contribution >= 4 is 16.8 Å². The van der Waals surface area contributed by atoms with Crippen LogP contribution in [0.2, 0.25) is 0 Å². The second kappa shape index (κ2) is 9.77. The molecule has 0 amide bonds. The summed E-state index contributed by atoms with van der Waals surface area (Å²) in [5.74, 6) is 0. The monoisotopic (exact) mass is 401 g/mol. The minimum Gasteiger partial charge on any atom is -0.378 e. The van der Waals surface area contributed by atoms with Crippen molar-refractivity contribution in [3.05, 3.63) is 150 Å². The Balaban J connectivity index is 1.84. The molecule has 0 fully saturated rings. The Morgan fingerprint density at radius 1 is 0.452 bits per heavy atom. The minimum absolute atomic E-state index is 1.20. The molecule has 1 heteroatoms. The van der Waals surface area contributed by atoms with Gasteiger partial charge in [-0.1, -0.05) is 115 Å². The zero-order valence-corrected chi connectivity index (χ0v) is 18.1. The van der Waals surface area contributed by atoms with E-state index in [1.54, 1.807) is 0 Å². The van der Waals surface area contributed by atoms with Crippen LogP contribution in [0, 0.1) is 0 Å². The molecule has 4 aromatic carbocycles. The van der Waals surface area contributed by atoms with Gasteiger partial charge >= 0.3 is 0 Å². The van der Waals surface area contributed by atoms with Gasteiger partial charge in [-0.2, -0.15) is 0 Å². The van der Waals surface area contributed by atoms with Crippen LogP contribution in [0.15, 0.2) is 127 Å². The fraction of sp³-hybridized carbons (Fsp3) is 0.0667. The lowest BCUT2D eigenvalue weighted by atomic mass is 9.94. The van der Waals surface area contributed by atoms with Crippen LogP contribution in [0.4, 0.5) is 5.69 Å². The molecule has 1 nitrogen and oxygen atoms in total. The van der Waals surface area contributed by atoms with Gasteiger partial charge in [0.2, 0.25) is 0 Å². The Kier molecular flexibility index (Phi) is 6.44. The lowest BCUT2D eigenvalue weighted by Gasteiger charge is -2.14. The number of allylic oxidation sites excluding steroid dienone is 2. The number of hydrogen-bond acceptors (Lipinski definition) is 1. The van der Waals surface area contributed by atoms with Crippen LogP contribution in [-0.4, -0.2) is 14.1 Å². The van der Waals surface area contributed by atoms with Crippen molar-refractivity contribution in [1.29, 1.82) is 0 Å². The molecular weight excluding hydrogens is 374 g/mol. The molecule has 0 saturated heterocycles. The molecule has 0 aromatic heterocycles. The predicted octanol–water partition coefficient (Wildman–Crippen LogP) is 7.32. The first kappa shape index (κ1) is 20.4. The third-order valence-electron chi connectivity index (χ3n) is 5.37. The highest BCUT2D eigenvalue weighted by Gasteiger charge is 2.07. The first-order valence-electron chi connectivity index (χ1n) is 10.6. The first-order chi connectivity index (χ1) is 15.2. The van der Waals surface area contributed by atoms with Crippen LogP contribution >= 0.6 is 0 Å². The van der Waals surface area contributed by atoms with Crippen molar-refractivity contribution in [1.82, 2.24) is 0 Å². The summed E-state index contributed by atoms with van der Waals surface area (Å²) in [5, 5.41) is 0. The van der Waals surface area contributed by atoms with Gasteiger partial charge in [0.25, 0.3) is 0 Å². The Morgan fingerprint density at radius 2 is 0.774 bits per heavy atom. The van der Waals surface area contributed by atoms with Crippen LogP contribution in [-0.2, 0) is 0 Å². The molecule has 0 heterocycles. The highest BCUT2D eigenvalue weighted by molar-refractivity contribution is 5.86. The number of rotatable bonds is 6. The molecule has 0 bridgehead atoms. The average Bonchev–Trinajstić information content (AvgIpc) is 2.84. The van der Waals surface area contributed by atoms with E-state index in [2.05, 4.69) is 146 Å². The number of nitrogens with zero attached hydrogens (tertiary/aromatic N) is 1. The van der Waals surface area contributed by atoms with Crippen molar-refractivity contribution in [2.75, 3.05) is 19.0 Å². The standard InChI is InChI=1S/C30H27N/c1-31(2)28-20-18-27(19-21-28)30(26-16-10-5-11-17-26)23-22-29(24-12-6-3-7-13-24)25-14-8-4-9-15-25/h3-23H,1-2H3. The van der Waals surface area contributed by atoms with E-state index in [4.69, 9.17) is 0 Å². The van der Waals surface area contributed by atoms with Crippen molar-refractivity contribution in [3.8, 4) is 0 Å². The molecule has 0 unspecified atom stereocenters. The molecule has 0 aliphatic rings. The maximum absolute atomic E-state index is 2.25. The fourth-order valence-corrected chi connectivity index (χ4v) is 3.68. The smallest absolute Gasteiger partial charge is 0.0361 e. The summed E-state index contributed by atoms with van der Waals surface area (Å²) in [5.41, 5.74) is 8.43. The number of hydrogen-bond donors (Lipinski definition) is 0. The molecule has 0 spiro atoms. The second-order valence-electron chi connectivity index (χ2n) is 7.70. The summed E-state index contributed by atoms with van der Waals surface area (Å²) in [4.78, 5) is 2.12. The van der Waals surface area contributed by atoms with Crippen LogP contribution < -0.4 is 4.90 Å². The molecule has 0 aliphatic heterocycles. The van der Waals surface area contributed by atoms with Gasteiger partial charge in [0, 0.05) is 19.8 Å². The lowest BCUT2D eigenvalue weighted by molar-refractivity contribution is 1.13. The van der Waals surface area contributed by atoms with Crippen molar-refractivity contribution < 1.29 is 0 Å². The highest BCUT2D eigenvalue weighted by atomic mass is 15.1. The van der Waals surface area contributed by atoms with Crippen LogP contribution in [0.3, 0.4) is 0 Å². The summed E-state index contributed by atoms with van der Waals surface area (Å²) < 4.78 is 0. The van der Waals surface area contributed by atoms with Gasteiger partial charge in [-0.3, -0.25) is 0 Å². The number of benzene rings is 4. The van der Waals surface area contributed by atoms with Gasteiger partial charge in [0.05, 0.1) is 0 Å². The highest BCUT2D eigenvalue weighted by Crippen LogP contribution is 2.28. The molecule has 0 radical (unpaired) electrons. The quantitative estimate of drug-likeness (QED) is 0.306. The second-order valence-corrected chi connectivity index (χ2v) is 7.70. The molecule has 0 aliphatic carbocycles. The largest absolute Gasteiger partial charge is 0.378 e. The molecule has 0 N–H and O–H groups in total. The topological polar surface area (TPSA) is 3.24 Å². The SMILES string of the molecule is CN(C)c1ccc(C(=CC=C(c2ccccc2)c2ccccc2)c2ccccc2)cc1. The Labute approximate surface area is 185 Å². The first-order valence-corrected chi connectivity index (χ1v) is 10.6. The third-order valence-corrected chi connectivity index (χ3v) is 5.37. The van der Waals surface area contributed by atoms with Crippen LogP contribution in [0.25, 0.3) is 11.1 Å². The normalized spacial score (nSPS) is 11.1. The molecule has 152 valence electrons. The summed E-state index contributed by atoms with van der Waals surface area (Å²) in [6, 6.07) is 40.5. The average molecular weight is 402 g/mol. The maximum atomic E-state index is 2.25. The van der Waals surface area contributed by atoms with Gasteiger partial charge in [-0.25, -0.2) is 0 Å². The summed E-state index contributed by atoms with van der Waals surface area (Å²) >= 11 is 0. The Morgan fingerprint density at radius 3 is 1.10 bits per heavy atom. The van der Waals surface area contributed by atoms with E-state index in [0.29, 0.717) is 0 Å². The summed E-state index contributed by atoms with van der Waals surface area (Å²) in [6.45, 7) is 0. The van der Waals surface area contributed by atoms with E-state index in [0.717, 1.165) is 0 Å². The van der Waals surface area contributed by atoms with Crippen LogP contribution in [0.5, 0.6) is 0 Å². The zero-order valence-electron chi connectivity index (χ0n) is 18.1. The minimum atomic E-state index is 1.20. The van der Waals surface area contributed by atoms with E-state index in [-0.39, 0.29) is 0 Å². The predicted molar refractivity (Wildman–Crippen MR) is 134 cm³/mol. The molecule has 4 aromatic rings. The van der Waals surface area contributed by atoms with Gasteiger partial charge in [-0.05, 0) is 45.5 Å². The zero-order chi connectivity index (χ0) is 21.5. The molecule has 0 atom stereocenters. The molecule has 31 heavy (non-hydrogen) atoms. The number of anilines is 1. The molecule has 4 rings (SSSR count). The van der Waals surface area contributed by atoms with Gasteiger partial charge in [0.15, 0.2) is 0 Å². The van der Waals surface area contributed by atoms with Gasteiger partial charge in [-0.15, -0.1) is 0 Å². The van der Waals surface area contributed by atoms with Gasteiger partial charge < -0.3 is 4.90 Å². The third kappa shape index (κ3) is 5.02. The van der Waals surface area contributed by atoms with E-state index >= 15 is 0 Å². The fourth-order valence-electron chi connectivity index (χ4n) is 3.68. The summed E-state index contributed by atoms with van der Waals surface area (Å²) in [7, 11) is 4.13. The Hall–Kier alpha value is -3.84. The molecular formula is C30H27N. The summed E-state index contributed by atoms with van der Waals surface area (Å²) in [6.07, 6.45) is 4.49. The maximum Gasteiger partial charge on any atom is 0.0361 e. The van der Waals surface area contributed by atoms with E-state index < -0.39 is 0 Å².